The molecule has 0 amide bonds. The van der Waals surface area contributed by atoms with Gasteiger partial charge in [0.05, 0.1) is 18.3 Å². The van der Waals surface area contributed by atoms with E-state index in [1.165, 1.54) is 7.11 Å². The van der Waals surface area contributed by atoms with Crippen molar-refractivity contribution in [2.24, 2.45) is 0 Å². The smallest absolute Gasteiger partial charge is 0.356 e. The van der Waals surface area contributed by atoms with Crippen LogP contribution in [0, 0.1) is 13.8 Å². The Morgan fingerprint density at radius 1 is 1.12 bits per heavy atom. The highest BCUT2D eigenvalue weighted by Crippen LogP contribution is 2.30. The summed E-state index contributed by atoms with van der Waals surface area (Å²) in [5.74, 6) is -0.467. The average molecular weight is 341 g/mol. The summed E-state index contributed by atoms with van der Waals surface area (Å²) in [5.41, 5.74) is 4.65. The Morgan fingerprint density at radius 2 is 1.92 bits per heavy atom. The standard InChI is InChI=1S/C19H17ClN2O2/c1-11-7-8-13(9-15(11)20)21-16-10-17(19(23)24-3)22-18-12(2)5-4-6-14(16)18/h4-10H,1-3H3,(H,21,22). The van der Waals surface area contributed by atoms with Gasteiger partial charge in [0.15, 0.2) is 5.69 Å². The van der Waals surface area contributed by atoms with Crippen molar-refractivity contribution in [3.63, 3.8) is 0 Å². The highest BCUT2D eigenvalue weighted by molar-refractivity contribution is 6.31. The first-order valence-electron chi connectivity index (χ1n) is 7.51. The largest absolute Gasteiger partial charge is 0.464 e. The van der Waals surface area contributed by atoms with Crippen molar-refractivity contribution in [3.05, 3.63) is 64.3 Å². The molecule has 0 aliphatic rings. The minimum Gasteiger partial charge on any atom is -0.464 e. The maximum Gasteiger partial charge on any atom is 0.356 e. The molecule has 0 atom stereocenters. The van der Waals surface area contributed by atoms with Crippen LogP contribution in [0.1, 0.15) is 21.6 Å². The van der Waals surface area contributed by atoms with Gasteiger partial charge in [-0.15, -0.1) is 0 Å². The Hall–Kier alpha value is -2.59. The summed E-state index contributed by atoms with van der Waals surface area (Å²) in [6.45, 7) is 3.91. The van der Waals surface area contributed by atoms with E-state index in [1.54, 1.807) is 6.07 Å². The fourth-order valence-electron chi connectivity index (χ4n) is 2.53. The van der Waals surface area contributed by atoms with Crippen LogP contribution in [-0.4, -0.2) is 18.1 Å². The number of anilines is 2. The van der Waals surface area contributed by atoms with Crippen LogP contribution in [0.25, 0.3) is 10.9 Å². The quantitative estimate of drug-likeness (QED) is 0.679. The van der Waals surface area contributed by atoms with Crippen molar-refractivity contribution in [1.82, 2.24) is 4.98 Å². The predicted molar refractivity (Wildman–Crippen MR) is 97.3 cm³/mol. The number of benzene rings is 2. The number of hydrogen-bond acceptors (Lipinski definition) is 4. The molecule has 24 heavy (non-hydrogen) atoms. The van der Waals surface area contributed by atoms with Crippen LogP contribution >= 0.6 is 11.6 Å². The second-order valence-corrected chi connectivity index (χ2v) is 6.01. The lowest BCUT2D eigenvalue weighted by molar-refractivity contribution is 0.0594. The number of hydrogen-bond donors (Lipinski definition) is 1. The molecule has 3 aromatic rings. The number of para-hydroxylation sites is 1. The van der Waals surface area contributed by atoms with Gasteiger partial charge in [0.25, 0.3) is 0 Å². The van der Waals surface area contributed by atoms with Crippen molar-refractivity contribution in [1.29, 1.82) is 0 Å². The Labute approximate surface area is 145 Å². The van der Waals surface area contributed by atoms with Crippen LogP contribution in [0.2, 0.25) is 5.02 Å². The molecule has 1 N–H and O–H groups in total. The van der Waals surface area contributed by atoms with Gasteiger partial charge in [0.2, 0.25) is 0 Å². The Balaban J connectivity index is 2.16. The van der Waals surface area contributed by atoms with Crippen LogP contribution in [0.15, 0.2) is 42.5 Å². The van der Waals surface area contributed by atoms with E-state index in [-0.39, 0.29) is 5.69 Å². The number of nitrogens with zero attached hydrogens (tertiary/aromatic N) is 1. The fourth-order valence-corrected chi connectivity index (χ4v) is 2.71. The Kier molecular flexibility index (Phi) is 4.40. The highest BCUT2D eigenvalue weighted by Gasteiger charge is 2.14. The summed E-state index contributed by atoms with van der Waals surface area (Å²) in [4.78, 5) is 16.4. The zero-order chi connectivity index (χ0) is 17.3. The molecule has 2 aromatic carbocycles. The number of aryl methyl sites for hydroxylation is 2. The second-order valence-electron chi connectivity index (χ2n) is 5.61. The summed E-state index contributed by atoms with van der Waals surface area (Å²) < 4.78 is 4.81. The number of methoxy groups -OCH3 is 1. The maximum atomic E-state index is 11.9. The number of fused-ring (bicyclic) bond motifs is 1. The Morgan fingerprint density at radius 3 is 2.62 bits per heavy atom. The molecule has 0 aliphatic carbocycles. The third-order valence-corrected chi connectivity index (χ3v) is 4.29. The van der Waals surface area contributed by atoms with Crippen LogP contribution < -0.4 is 5.32 Å². The van der Waals surface area contributed by atoms with Crippen LogP contribution in [-0.2, 0) is 4.74 Å². The van der Waals surface area contributed by atoms with Gasteiger partial charge >= 0.3 is 5.97 Å². The van der Waals surface area contributed by atoms with Crippen molar-refractivity contribution in [2.45, 2.75) is 13.8 Å². The SMILES string of the molecule is COC(=O)c1cc(Nc2ccc(C)c(Cl)c2)c2cccc(C)c2n1. The van der Waals surface area contributed by atoms with Crippen LogP contribution in [0.3, 0.4) is 0 Å². The summed E-state index contributed by atoms with van der Waals surface area (Å²) in [5, 5.41) is 4.94. The number of nitrogens with one attached hydrogen (secondary N) is 1. The van der Waals surface area contributed by atoms with E-state index in [1.807, 2.05) is 50.2 Å². The first-order chi connectivity index (χ1) is 11.5. The normalized spacial score (nSPS) is 10.7. The maximum absolute atomic E-state index is 11.9. The Bertz CT molecular complexity index is 938. The van der Waals surface area contributed by atoms with Gasteiger partial charge in [-0.05, 0) is 43.2 Å². The molecule has 1 heterocycles. The molecule has 0 aliphatic heterocycles. The van der Waals surface area contributed by atoms with Gasteiger partial charge in [-0.3, -0.25) is 0 Å². The van der Waals surface area contributed by atoms with E-state index in [4.69, 9.17) is 16.3 Å². The number of ether oxygens (including phenoxy) is 1. The zero-order valence-corrected chi connectivity index (χ0v) is 14.4. The lowest BCUT2D eigenvalue weighted by Gasteiger charge is -2.13. The molecule has 0 saturated carbocycles. The van der Waals surface area contributed by atoms with Crippen LogP contribution in [0.4, 0.5) is 11.4 Å². The lowest BCUT2D eigenvalue weighted by atomic mass is 10.1. The molecule has 122 valence electrons. The van der Waals surface area contributed by atoms with E-state index in [2.05, 4.69) is 10.3 Å². The molecule has 0 fully saturated rings. The molecule has 4 nitrogen and oxygen atoms in total. The molecule has 0 radical (unpaired) electrons. The molecule has 0 saturated heterocycles. The van der Waals surface area contributed by atoms with Gasteiger partial charge in [0.1, 0.15) is 0 Å². The molecule has 3 rings (SSSR count). The van der Waals surface area contributed by atoms with Gasteiger partial charge in [-0.1, -0.05) is 35.9 Å². The monoisotopic (exact) mass is 340 g/mol. The molecule has 0 bridgehead atoms. The summed E-state index contributed by atoms with van der Waals surface area (Å²) in [6, 6.07) is 13.3. The van der Waals surface area contributed by atoms with E-state index in [9.17, 15) is 4.79 Å². The molecule has 0 unspecified atom stereocenters. The zero-order valence-electron chi connectivity index (χ0n) is 13.7. The fraction of sp³-hybridized carbons (Fsp3) is 0.158. The van der Waals surface area contributed by atoms with Crippen molar-refractivity contribution >= 4 is 39.8 Å². The van der Waals surface area contributed by atoms with Gasteiger partial charge in [-0.25, -0.2) is 9.78 Å². The summed E-state index contributed by atoms with van der Waals surface area (Å²) >= 11 is 6.20. The van der Waals surface area contributed by atoms with E-state index in [0.717, 1.165) is 33.4 Å². The highest BCUT2D eigenvalue weighted by atomic mass is 35.5. The minimum absolute atomic E-state index is 0.264. The van der Waals surface area contributed by atoms with E-state index < -0.39 is 5.97 Å². The van der Waals surface area contributed by atoms with E-state index >= 15 is 0 Å². The first kappa shape index (κ1) is 16.3. The van der Waals surface area contributed by atoms with Gasteiger partial charge < -0.3 is 10.1 Å². The summed E-state index contributed by atoms with van der Waals surface area (Å²) in [6.07, 6.45) is 0. The summed E-state index contributed by atoms with van der Waals surface area (Å²) in [7, 11) is 1.35. The first-order valence-corrected chi connectivity index (χ1v) is 7.89. The van der Waals surface area contributed by atoms with Crippen molar-refractivity contribution in [2.75, 3.05) is 12.4 Å². The topological polar surface area (TPSA) is 51.2 Å². The number of aromatic nitrogens is 1. The second kappa shape index (κ2) is 6.49. The molecule has 5 heteroatoms. The molecule has 0 spiro atoms. The third kappa shape index (κ3) is 3.05. The van der Waals surface area contributed by atoms with Crippen molar-refractivity contribution < 1.29 is 9.53 Å². The number of carbonyl (C=O) groups excluding carboxylic acids is 1. The van der Waals surface area contributed by atoms with Gasteiger partial charge in [0, 0.05) is 16.1 Å². The molecular formula is C19H17ClN2O2. The molecule has 1 aromatic heterocycles. The minimum atomic E-state index is -0.467. The van der Waals surface area contributed by atoms with E-state index in [0.29, 0.717) is 5.02 Å². The predicted octanol–water partition coefficient (Wildman–Crippen LogP) is 5.04. The van der Waals surface area contributed by atoms with Gasteiger partial charge in [-0.2, -0.15) is 0 Å². The number of halogens is 1. The molecular weight excluding hydrogens is 324 g/mol. The number of carbonyl (C=O) groups is 1. The third-order valence-electron chi connectivity index (χ3n) is 3.89. The lowest BCUT2D eigenvalue weighted by Crippen LogP contribution is -2.06. The number of pyridine rings is 1. The average Bonchev–Trinajstić information content (AvgIpc) is 2.58. The number of rotatable bonds is 3. The van der Waals surface area contributed by atoms with Crippen molar-refractivity contribution in [3.8, 4) is 0 Å². The van der Waals surface area contributed by atoms with Crippen LogP contribution in [0.5, 0.6) is 0 Å². The number of esters is 1.